The van der Waals surface area contributed by atoms with Crippen LogP contribution in [0.1, 0.15) is 13.8 Å². The number of nitrogens with two attached hydrogens (primary N) is 1. The highest BCUT2D eigenvalue weighted by Gasteiger charge is 2.26. The Morgan fingerprint density at radius 2 is 2.07 bits per heavy atom. The molecule has 0 saturated heterocycles. The second-order valence-corrected chi connectivity index (χ2v) is 7.68. The predicted molar refractivity (Wildman–Crippen MR) is 112 cm³/mol. The van der Waals surface area contributed by atoms with Crippen molar-refractivity contribution in [1.82, 2.24) is 19.7 Å². The molecule has 0 spiro atoms. The lowest BCUT2D eigenvalue weighted by molar-refractivity contribution is 0.287. The van der Waals surface area contributed by atoms with Gasteiger partial charge in [0, 0.05) is 58.5 Å². The molecule has 1 aliphatic rings. The molecule has 0 aliphatic carbocycles. The average Bonchev–Trinajstić information content (AvgIpc) is 3.08. The van der Waals surface area contributed by atoms with Crippen LogP contribution < -0.4 is 11.1 Å². The number of hydrogen-bond acceptors (Lipinski definition) is 6. The second-order valence-electron chi connectivity index (χ2n) is 6.62. The first-order valence-corrected chi connectivity index (χ1v) is 10.4. The zero-order valence-corrected chi connectivity index (χ0v) is 16.7. The fourth-order valence-electron chi connectivity index (χ4n) is 3.59. The number of benzene rings is 1. The minimum absolute atomic E-state index is 0.610. The van der Waals surface area contributed by atoms with Crippen molar-refractivity contribution in [1.29, 1.82) is 0 Å². The van der Waals surface area contributed by atoms with Crippen LogP contribution in [0.25, 0.3) is 22.2 Å². The van der Waals surface area contributed by atoms with Gasteiger partial charge in [0.25, 0.3) is 0 Å². The van der Waals surface area contributed by atoms with Gasteiger partial charge in [-0.15, -0.1) is 0 Å². The standard InChI is InChI=1S/C20H26N6S/c1-3-25(4-2)11-12-26-16-6-5-15(23-10-8-21)20-18(16)19(24-26)14-13-22-9-7-17(14)27-20/h5-7,9,13,23H,3-4,8,10-12,21H2,1-2H3. The molecular formula is C20H26N6S. The van der Waals surface area contributed by atoms with E-state index in [0.29, 0.717) is 6.54 Å². The normalized spacial score (nSPS) is 12.6. The van der Waals surface area contributed by atoms with Crippen LogP contribution in [0.5, 0.6) is 0 Å². The van der Waals surface area contributed by atoms with Crippen LogP contribution in [0.4, 0.5) is 5.69 Å². The first-order chi connectivity index (χ1) is 13.3. The molecule has 27 heavy (non-hydrogen) atoms. The molecule has 0 bridgehead atoms. The third-order valence-electron chi connectivity index (χ3n) is 5.10. The average molecular weight is 383 g/mol. The first-order valence-electron chi connectivity index (χ1n) is 9.58. The molecule has 4 rings (SSSR count). The smallest absolute Gasteiger partial charge is 0.104 e. The monoisotopic (exact) mass is 382 g/mol. The van der Waals surface area contributed by atoms with Crippen molar-refractivity contribution in [3.8, 4) is 11.3 Å². The van der Waals surface area contributed by atoms with E-state index in [1.54, 1.807) is 11.8 Å². The van der Waals surface area contributed by atoms with Gasteiger partial charge in [-0.25, -0.2) is 0 Å². The van der Waals surface area contributed by atoms with Gasteiger partial charge in [-0.3, -0.25) is 9.67 Å². The van der Waals surface area contributed by atoms with E-state index in [0.717, 1.165) is 49.7 Å². The summed E-state index contributed by atoms with van der Waals surface area (Å²) in [5.41, 5.74) is 10.2. The van der Waals surface area contributed by atoms with Crippen molar-refractivity contribution in [2.75, 3.05) is 38.0 Å². The molecule has 2 aromatic heterocycles. The zero-order chi connectivity index (χ0) is 18.8. The lowest BCUT2D eigenvalue weighted by Crippen LogP contribution is -2.27. The van der Waals surface area contributed by atoms with E-state index in [9.17, 15) is 0 Å². The van der Waals surface area contributed by atoms with Crippen molar-refractivity contribution >= 4 is 28.4 Å². The fourth-order valence-corrected chi connectivity index (χ4v) is 4.75. The molecule has 0 fully saturated rings. The summed E-state index contributed by atoms with van der Waals surface area (Å²) in [5.74, 6) is 0. The van der Waals surface area contributed by atoms with Gasteiger partial charge >= 0.3 is 0 Å². The number of nitrogens with zero attached hydrogens (tertiary/aromatic N) is 4. The first kappa shape index (κ1) is 18.3. The Balaban J connectivity index is 1.82. The third kappa shape index (κ3) is 3.31. The van der Waals surface area contributed by atoms with E-state index >= 15 is 0 Å². The largest absolute Gasteiger partial charge is 0.383 e. The van der Waals surface area contributed by atoms with E-state index in [1.165, 1.54) is 20.7 Å². The van der Waals surface area contributed by atoms with Crippen molar-refractivity contribution in [3.63, 3.8) is 0 Å². The van der Waals surface area contributed by atoms with Crippen LogP contribution in [0.15, 0.2) is 40.4 Å². The Labute approximate surface area is 164 Å². The summed E-state index contributed by atoms with van der Waals surface area (Å²) < 4.78 is 2.15. The van der Waals surface area contributed by atoms with Crippen molar-refractivity contribution in [2.24, 2.45) is 5.73 Å². The molecule has 1 aliphatic heterocycles. The van der Waals surface area contributed by atoms with Gasteiger partial charge in [0.15, 0.2) is 0 Å². The topological polar surface area (TPSA) is 72.0 Å². The third-order valence-corrected chi connectivity index (χ3v) is 6.31. The minimum Gasteiger partial charge on any atom is -0.383 e. The van der Waals surface area contributed by atoms with Crippen LogP contribution in [0.2, 0.25) is 0 Å². The summed E-state index contributed by atoms with van der Waals surface area (Å²) in [6, 6.07) is 6.41. The molecule has 0 saturated carbocycles. The molecule has 1 aromatic carbocycles. The van der Waals surface area contributed by atoms with Crippen LogP contribution in [0.3, 0.4) is 0 Å². The molecule has 3 N–H and O–H groups in total. The zero-order valence-electron chi connectivity index (χ0n) is 15.9. The Hall–Kier alpha value is -2.09. The Bertz CT molecular complexity index is 947. The molecule has 6 nitrogen and oxygen atoms in total. The SMILES string of the molecule is CCN(CC)CCn1nc2c3c(c(NCCN)ccc31)Sc1ccncc1-2. The summed E-state index contributed by atoms with van der Waals surface area (Å²) in [4.78, 5) is 9.21. The lowest BCUT2D eigenvalue weighted by Gasteiger charge is -2.19. The maximum atomic E-state index is 5.70. The van der Waals surface area contributed by atoms with Crippen LogP contribution in [0, 0.1) is 0 Å². The summed E-state index contributed by atoms with van der Waals surface area (Å²) in [6.07, 6.45) is 3.78. The van der Waals surface area contributed by atoms with Gasteiger partial charge in [0.05, 0.1) is 12.1 Å². The van der Waals surface area contributed by atoms with Gasteiger partial charge in [0.2, 0.25) is 0 Å². The Morgan fingerprint density at radius 3 is 2.85 bits per heavy atom. The molecule has 142 valence electrons. The highest BCUT2D eigenvalue weighted by molar-refractivity contribution is 8.00. The molecular weight excluding hydrogens is 356 g/mol. The van der Waals surface area contributed by atoms with Gasteiger partial charge in [-0.05, 0) is 31.3 Å². The molecule has 3 aromatic rings. The van der Waals surface area contributed by atoms with Crippen LogP contribution >= 0.6 is 11.8 Å². The Kier molecular flexibility index (Phi) is 5.33. The van der Waals surface area contributed by atoms with Crippen molar-refractivity contribution < 1.29 is 0 Å². The molecule has 0 amide bonds. The van der Waals surface area contributed by atoms with Gasteiger partial charge in [0.1, 0.15) is 5.69 Å². The molecule has 3 heterocycles. The number of rotatable bonds is 8. The number of pyridine rings is 1. The highest BCUT2D eigenvalue weighted by atomic mass is 32.2. The van der Waals surface area contributed by atoms with E-state index in [-0.39, 0.29) is 0 Å². The Morgan fingerprint density at radius 1 is 1.22 bits per heavy atom. The van der Waals surface area contributed by atoms with Gasteiger partial charge in [-0.1, -0.05) is 25.6 Å². The van der Waals surface area contributed by atoms with Crippen LogP contribution in [-0.4, -0.2) is 52.4 Å². The van der Waals surface area contributed by atoms with Gasteiger partial charge < -0.3 is 16.0 Å². The molecule has 0 radical (unpaired) electrons. The molecule has 7 heteroatoms. The number of hydrogen-bond donors (Lipinski definition) is 2. The maximum Gasteiger partial charge on any atom is 0.104 e. The summed E-state index contributed by atoms with van der Waals surface area (Å²) >= 11 is 1.79. The number of aromatic nitrogens is 3. The number of fused-ring (bicyclic) bond motifs is 2. The second kappa shape index (κ2) is 7.88. The predicted octanol–water partition coefficient (Wildman–Crippen LogP) is 3.28. The lowest BCUT2D eigenvalue weighted by atomic mass is 10.1. The summed E-state index contributed by atoms with van der Waals surface area (Å²) in [5, 5.41) is 9.70. The highest BCUT2D eigenvalue weighted by Crippen LogP contribution is 2.50. The summed E-state index contributed by atoms with van der Waals surface area (Å²) in [7, 11) is 0. The van der Waals surface area contributed by atoms with Crippen molar-refractivity contribution in [2.45, 2.75) is 30.2 Å². The summed E-state index contributed by atoms with van der Waals surface area (Å²) in [6.45, 7) is 9.78. The number of anilines is 1. The van der Waals surface area contributed by atoms with Gasteiger partial charge in [-0.2, -0.15) is 5.10 Å². The molecule has 0 unspecified atom stereocenters. The molecule has 0 atom stereocenters. The van der Waals surface area contributed by atoms with E-state index < -0.39 is 0 Å². The van der Waals surface area contributed by atoms with E-state index in [4.69, 9.17) is 10.8 Å². The number of nitrogens with one attached hydrogen (secondary N) is 1. The fraction of sp³-hybridized carbons (Fsp3) is 0.400. The minimum atomic E-state index is 0.610. The van der Waals surface area contributed by atoms with E-state index in [1.807, 2.05) is 12.4 Å². The quantitative estimate of drug-likeness (QED) is 0.487. The van der Waals surface area contributed by atoms with Crippen LogP contribution in [-0.2, 0) is 6.54 Å². The van der Waals surface area contributed by atoms with Crippen molar-refractivity contribution in [3.05, 3.63) is 30.6 Å². The maximum absolute atomic E-state index is 5.70. The number of likely N-dealkylation sites (N-methyl/N-ethyl adjacent to an activating group) is 1. The van der Waals surface area contributed by atoms with E-state index in [2.05, 4.69) is 51.9 Å².